The lowest BCUT2D eigenvalue weighted by Gasteiger charge is -2.37. The average Bonchev–Trinajstić information content (AvgIpc) is 2.63. The van der Waals surface area contributed by atoms with Gasteiger partial charge in [-0.15, -0.1) is 0 Å². The number of morpholine rings is 1. The van der Waals surface area contributed by atoms with Gasteiger partial charge in [-0.2, -0.15) is 4.31 Å². The Labute approximate surface area is 150 Å². The second kappa shape index (κ2) is 8.81. The fourth-order valence-electron chi connectivity index (χ4n) is 3.03. The van der Waals surface area contributed by atoms with Crippen LogP contribution in [-0.2, 0) is 19.6 Å². The van der Waals surface area contributed by atoms with Crippen molar-refractivity contribution >= 4 is 21.9 Å². The third kappa shape index (κ3) is 5.05. The summed E-state index contributed by atoms with van der Waals surface area (Å²) >= 11 is 0. The Morgan fingerprint density at radius 3 is 2.56 bits per heavy atom. The Hall–Kier alpha value is -1.39. The number of carbonyl (C=O) groups is 1. The van der Waals surface area contributed by atoms with Crippen molar-refractivity contribution in [2.75, 3.05) is 67.1 Å². The lowest BCUT2D eigenvalue weighted by molar-refractivity contribution is -0.127. The molecule has 0 bridgehead atoms. The Kier molecular flexibility index (Phi) is 7.03. The van der Waals surface area contributed by atoms with Crippen molar-refractivity contribution in [2.24, 2.45) is 4.99 Å². The van der Waals surface area contributed by atoms with E-state index in [0.717, 1.165) is 13.0 Å². The van der Waals surface area contributed by atoms with Crippen LogP contribution in [0.25, 0.3) is 0 Å². The number of nitrogens with zero attached hydrogens (tertiary/aromatic N) is 4. The van der Waals surface area contributed by atoms with Crippen molar-refractivity contribution in [3.63, 3.8) is 0 Å². The molecule has 1 N–H and O–H groups in total. The first-order valence-corrected chi connectivity index (χ1v) is 10.1. The molecule has 2 saturated heterocycles. The maximum absolute atomic E-state index is 12.9. The molecule has 1 unspecified atom stereocenters. The number of ether oxygens (including phenoxy) is 1. The maximum Gasteiger partial charge on any atom is 0.241 e. The zero-order valence-electron chi connectivity index (χ0n) is 15.3. The van der Waals surface area contributed by atoms with Gasteiger partial charge < -0.3 is 19.9 Å². The molecule has 10 heteroatoms. The Bertz CT molecular complexity index is 587. The highest BCUT2D eigenvalue weighted by Crippen LogP contribution is 2.21. The summed E-state index contributed by atoms with van der Waals surface area (Å²) in [4.78, 5) is 19.4. The third-order valence-electron chi connectivity index (χ3n) is 4.54. The first kappa shape index (κ1) is 19.9. The van der Waals surface area contributed by atoms with Crippen LogP contribution in [0.15, 0.2) is 4.99 Å². The van der Waals surface area contributed by atoms with Crippen LogP contribution < -0.4 is 5.32 Å². The van der Waals surface area contributed by atoms with Gasteiger partial charge >= 0.3 is 0 Å². The van der Waals surface area contributed by atoms with Gasteiger partial charge in [0.25, 0.3) is 0 Å². The van der Waals surface area contributed by atoms with Crippen molar-refractivity contribution in [3.8, 4) is 0 Å². The van der Waals surface area contributed by atoms with E-state index in [0.29, 0.717) is 45.2 Å². The quantitative estimate of drug-likeness (QED) is 0.489. The van der Waals surface area contributed by atoms with E-state index in [9.17, 15) is 13.2 Å². The van der Waals surface area contributed by atoms with Crippen molar-refractivity contribution < 1.29 is 17.9 Å². The molecule has 0 aliphatic carbocycles. The molecule has 0 saturated carbocycles. The van der Waals surface area contributed by atoms with Crippen LogP contribution in [0.2, 0.25) is 0 Å². The molecular formula is C15H29N5O4S. The van der Waals surface area contributed by atoms with E-state index in [2.05, 4.69) is 10.3 Å². The highest BCUT2D eigenvalue weighted by Gasteiger charge is 2.36. The summed E-state index contributed by atoms with van der Waals surface area (Å²) in [6.45, 7) is 2.99. The number of carbonyl (C=O) groups excluding carboxylic acids is 1. The first-order chi connectivity index (χ1) is 11.9. The predicted molar refractivity (Wildman–Crippen MR) is 96.0 cm³/mol. The topological polar surface area (TPSA) is 94.6 Å². The van der Waals surface area contributed by atoms with E-state index in [1.54, 1.807) is 21.1 Å². The van der Waals surface area contributed by atoms with E-state index in [-0.39, 0.29) is 12.5 Å². The molecule has 2 aliphatic heterocycles. The molecule has 9 nitrogen and oxygen atoms in total. The Morgan fingerprint density at radius 2 is 1.96 bits per heavy atom. The molecular weight excluding hydrogens is 346 g/mol. The van der Waals surface area contributed by atoms with Crippen molar-refractivity contribution in [1.82, 2.24) is 19.4 Å². The number of hydrogen-bond acceptors (Lipinski definition) is 5. The highest BCUT2D eigenvalue weighted by atomic mass is 32.2. The van der Waals surface area contributed by atoms with Gasteiger partial charge in [-0.05, 0) is 12.8 Å². The van der Waals surface area contributed by atoms with Gasteiger partial charge in [-0.1, -0.05) is 0 Å². The van der Waals surface area contributed by atoms with Crippen LogP contribution >= 0.6 is 0 Å². The van der Waals surface area contributed by atoms with Crippen LogP contribution in [0.4, 0.5) is 0 Å². The first-order valence-electron chi connectivity index (χ1n) is 8.58. The Morgan fingerprint density at radius 1 is 1.28 bits per heavy atom. The van der Waals surface area contributed by atoms with E-state index < -0.39 is 15.3 Å². The van der Waals surface area contributed by atoms with Gasteiger partial charge in [0, 0.05) is 47.3 Å². The van der Waals surface area contributed by atoms with Gasteiger partial charge in [0.1, 0.15) is 0 Å². The smallest absolute Gasteiger partial charge is 0.241 e. The predicted octanol–water partition coefficient (Wildman–Crippen LogP) is -1.22. The van der Waals surface area contributed by atoms with Gasteiger partial charge in [0.15, 0.2) is 5.96 Å². The van der Waals surface area contributed by atoms with Crippen LogP contribution in [-0.4, -0.2) is 107 Å². The zero-order valence-corrected chi connectivity index (χ0v) is 16.1. The van der Waals surface area contributed by atoms with Crippen LogP contribution in [0.1, 0.15) is 12.8 Å². The monoisotopic (exact) mass is 375 g/mol. The fourth-order valence-corrected chi connectivity index (χ4v) is 4.94. The summed E-state index contributed by atoms with van der Waals surface area (Å²) in [5.41, 5.74) is 0. The molecule has 0 radical (unpaired) electrons. The molecule has 0 aromatic heterocycles. The number of likely N-dealkylation sites (tertiary alicyclic amines) is 1. The second-order valence-electron chi connectivity index (χ2n) is 6.46. The molecule has 0 spiro atoms. The van der Waals surface area contributed by atoms with Gasteiger partial charge in [-0.3, -0.25) is 9.79 Å². The molecule has 144 valence electrons. The molecule has 1 amide bonds. The normalized spacial score (nSPS) is 23.4. The lowest BCUT2D eigenvalue weighted by atomic mass is 10.1. The molecule has 2 fully saturated rings. The zero-order chi connectivity index (χ0) is 18.4. The largest absolute Gasteiger partial charge is 0.379 e. The minimum absolute atomic E-state index is 0.0596. The van der Waals surface area contributed by atoms with E-state index in [4.69, 9.17) is 4.74 Å². The minimum Gasteiger partial charge on any atom is -0.379 e. The SMILES string of the molecule is CN=C(NCC(=O)N(C)C)N1CCCC(S(=O)(=O)N2CCOCC2)C1. The third-order valence-corrected chi connectivity index (χ3v) is 6.85. The summed E-state index contributed by atoms with van der Waals surface area (Å²) in [5, 5.41) is 2.57. The number of piperidine rings is 1. The molecule has 0 aromatic carbocycles. The minimum atomic E-state index is -3.35. The molecule has 1 atom stereocenters. The van der Waals surface area contributed by atoms with Crippen molar-refractivity contribution in [1.29, 1.82) is 0 Å². The van der Waals surface area contributed by atoms with Gasteiger partial charge in [0.2, 0.25) is 15.9 Å². The number of likely N-dealkylation sites (N-methyl/N-ethyl adjacent to an activating group) is 1. The number of hydrogen-bond donors (Lipinski definition) is 1. The van der Waals surface area contributed by atoms with Crippen LogP contribution in [0, 0.1) is 0 Å². The molecule has 2 rings (SSSR count). The summed E-state index contributed by atoms with van der Waals surface area (Å²) in [5.74, 6) is 0.507. The van der Waals surface area contributed by atoms with Gasteiger partial charge in [-0.25, -0.2) is 8.42 Å². The fraction of sp³-hybridized carbons (Fsp3) is 0.867. The van der Waals surface area contributed by atoms with Crippen LogP contribution in [0.3, 0.4) is 0 Å². The Balaban J connectivity index is 2.00. The number of aliphatic imine (C=N–C) groups is 1. The maximum atomic E-state index is 12.9. The number of guanidine groups is 1. The number of amides is 1. The lowest BCUT2D eigenvalue weighted by Crippen LogP contribution is -2.54. The van der Waals surface area contributed by atoms with Gasteiger partial charge in [0.05, 0.1) is 25.0 Å². The van der Waals surface area contributed by atoms with E-state index in [1.165, 1.54) is 9.21 Å². The number of rotatable bonds is 4. The highest BCUT2D eigenvalue weighted by molar-refractivity contribution is 7.89. The summed E-state index contributed by atoms with van der Waals surface area (Å²) < 4.78 is 32.5. The summed E-state index contributed by atoms with van der Waals surface area (Å²) in [6.07, 6.45) is 1.42. The number of nitrogens with one attached hydrogen (secondary N) is 1. The van der Waals surface area contributed by atoms with Crippen LogP contribution in [0.5, 0.6) is 0 Å². The summed E-state index contributed by atoms with van der Waals surface area (Å²) in [7, 11) is 1.68. The van der Waals surface area contributed by atoms with Crippen molar-refractivity contribution in [3.05, 3.63) is 0 Å². The van der Waals surface area contributed by atoms with E-state index in [1.807, 2.05) is 4.90 Å². The molecule has 2 aliphatic rings. The van der Waals surface area contributed by atoms with Crippen molar-refractivity contribution in [2.45, 2.75) is 18.1 Å². The molecule has 0 aromatic rings. The second-order valence-corrected chi connectivity index (χ2v) is 8.67. The van der Waals surface area contributed by atoms with E-state index >= 15 is 0 Å². The number of sulfonamides is 1. The molecule has 25 heavy (non-hydrogen) atoms. The molecule has 2 heterocycles. The average molecular weight is 375 g/mol. The summed E-state index contributed by atoms with van der Waals surface area (Å²) in [6, 6.07) is 0. The standard InChI is InChI=1S/C15H29N5O4S/c1-16-15(17-11-14(21)18(2)3)19-6-4-5-13(12-19)25(22,23)20-7-9-24-10-8-20/h13H,4-12H2,1-3H3,(H,16,17).